The summed E-state index contributed by atoms with van der Waals surface area (Å²) in [5.74, 6) is 0.554. The summed E-state index contributed by atoms with van der Waals surface area (Å²) in [6.07, 6.45) is 9.26. The number of hydrogen-bond donors (Lipinski definition) is 3. The Hall–Kier alpha value is -1.96. The number of nitrogens with one attached hydrogen (secondary N) is 2. The molecule has 2 saturated carbocycles. The SMILES string of the molecule is C=CC[C@H](NC(=O)[C@H]1C[C@@H]1OCC)[C@H](O)CN[C@H]1CC2(CCC2)Oc2ncc(CC(C)(C)C)cc21. The van der Waals surface area contributed by atoms with Crippen LogP contribution in [0.5, 0.6) is 5.88 Å². The predicted molar refractivity (Wildman–Crippen MR) is 136 cm³/mol. The van der Waals surface area contributed by atoms with Crippen LogP contribution in [0.25, 0.3) is 0 Å². The number of carbonyl (C=O) groups excluding carboxylic acids is 1. The first-order chi connectivity index (χ1) is 16.6. The highest BCUT2D eigenvalue weighted by Crippen LogP contribution is 2.48. The highest BCUT2D eigenvalue weighted by Gasteiger charge is 2.47. The second-order valence-electron chi connectivity index (χ2n) is 11.8. The molecule has 7 heteroatoms. The summed E-state index contributed by atoms with van der Waals surface area (Å²) in [6, 6.07) is 1.87. The van der Waals surface area contributed by atoms with E-state index in [0.717, 1.165) is 37.7 Å². The fourth-order valence-electron chi connectivity index (χ4n) is 5.38. The zero-order valence-corrected chi connectivity index (χ0v) is 21.8. The Kier molecular flexibility index (Phi) is 7.89. The molecule has 35 heavy (non-hydrogen) atoms. The number of aromatic nitrogens is 1. The van der Waals surface area contributed by atoms with Crippen LogP contribution in [0, 0.1) is 11.3 Å². The summed E-state index contributed by atoms with van der Waals surface area (Å²) in [6.45, 7) is 13.4. The topological polar surface area (TPSA) is 92.7 Å². The van der Waals surface area contributed by atoms with Crippen molar-refractivity contribution in [3.8, 4) is 5.88 Å². The van der Waals surface area contributed by atoms with Gasteiger partial charge < -0.3 is 25.2 Å². The van der Waals surface area contributed by atoms with Gasteiger partial charge in [-0.1, -0.05) is 26.8 Å². The third-order valence-electron chi connectivity index (χ3n) is 7.43. The Morgan fingerprint density at radius 1 is 1.43 bits per heavy atom. The minimum atomic E-state index is -0.740. The molecule has 4 rings (SSSR count). The lowest BCUT2D eigenvalue weighted by Gasteiger charge is -2.47. The van der Waals surface area contributed by atoms with E-state index in [-0.39, 0.29) is 35.0 Å². The Labute approximate surface area is 210 Å². The lowest BCUT2D eigenvalue weighted by molar-refractivity contribution is -0.124. The van der Waals surface area contributed by atoms with Gasteiger partial charge in [-0.05, 0) is 62.5 Å². The van der Waals surface area contributed by atoms with E-state index in [1.807, 2.05) is 13.1 Å². The molecule has 1 aliphatic heterocycles. The van der Waals surface area contributed by atoms with Gasteiger partial charge in [-0.15, -0.1) is 6.58 Å². The van der Waals surface area contributed by atoms with Crippen LogP contribution in [-0.2, 0) is 16.0 Å². The van der Waals surface area contributed by atoms with Gasteiger partial charge in [0.2, 0.25) is 11.8 Å². The predicted octanol–water partition coefficient (Wildman–Crippen LogP) is 3.85. The third-order valence-corrected chi connectivity index (χ3v) is 7.43. The molecular weight excluding hydrogens is 442 g/mol. The fourth-order valence-corrected chi connectivity index (χ4v) is 5.38. The number of nitrogens with zero attached hydrogens (tertiary/aromatic N) is 1. The van der Waals surface area contributed by atoms with Crippen LogP contribution in [0.3, 0.4) is 0 Å². The van der Waals surface area contributed by atoms with E-state index >= 15 is 0 Å². The average molecular weight is 486 g/mol. The third kappa shape index (κ3) is 6.43. The number of fused-ring (bicyclic) bond motifs is 1. The van der Waals surface area contributed by atoms with E-state index in [0.29, 0.717) is 25.5 Å². The number of pyridine rings is 1. The van der Waals surface area contributed by atoms with E-state index in [4.69, 9.17) is 14.5 Å². The molecule has 3 N–H and O–H groups in total. The van der Waals surface area contributed by atoms with Crippen molar-refractivity contribution in [2.45, 2.75) is 103 Å². The molecule has 0 aromatic carbocycles. The van der Waals surface area contributed by atoms with Gasteiger partial charge >= 0.3 is 0 Å². The monoisotopic (exact) mass is 485 g/mol. The maximum Gasteiger partial charge on any atom is 0.226 e. The highest BCUT2D eigenvalue weighted by atomic mass is 16.5. The van der Waals surface area contributed by atoms with Crippen LogP contribution >= 0.6 is 0 Å². The first kappa shape index (κ1) is 26.1. The molecule has 7 nitrogen and oxygen atoms in total. The first-order valence-corrected chi connectivity index (χ1v) is 13.3. The molecule has 2 aliphatic carbocycles. The minimum absolute atomic E-state index is 0.00634. The molecule has 0 saturated heterocycles. The molecule has 1 amide bonds. The summed E-state index contributed by atoms with van der Waals surface area (Å²) in [4.78, 5) is 17.4. The smallest absolute Gasteiger partial charge is 0.226 e. The lowest BCUT2D eigenvalue weighted by atomic mass is 9.73. The largest absolute Gasteiger partial charge is 0.471 e. The van der Waals surface area contributed by atoms with Gasteiger partial charge in [0.15, 0.2) is 0 Å². The Balaban J connectivity index is 1.42. The van der Waals surface area contributed by atoms with Crippen LogP contribution in [0.2, 0.25) is 0 Å². The summed E-state index contributed by atoms with van der Waals surface area (Å²) in [7, 11) is 0. The van der Waals surface area contributed by atoms with E-state index in [9.17, 15) is 9.90 Å². The second kappa shape index (κ2) is 10.6. The van der Waals surface area contributed by atoms with Crippen LogP contribution in [0.4, 0.5) is 0 Å². The molecular formula is C28H43N3O4. The van der Waals surface area contributed by atoms with Crippen molar-refractivity contribution in [2.75, 3.05) is 13.2 Å². The zero-order chi connectivity index (χ0) is 25.2. The Bertz CT molecular complexity index is 908. The number of carbonyl (C=O) groups is 1. The second-order valence-corrected chi connectivity index (χ2v) is 11.8. The van der Waals surface area contributed by atoms with Crippen molar-refractivity contribution in [3.63, 3.8) is 0 Å². The summed E-state index contributed by atoms with van der Waals surface area (Å²) >= 11 is 0. The van der Waals surface area contributed by atoms with Crippen molar-refractivity contribution in [1.29, 1.82) is 0 Å². The molecule has 0 bridgehead atoms. The standard InChI is InChI=1S/C28H43N3O4/c1-6-9-21(31-25(33)20-13-24(20)34-7-2)23(32)17-29-22-15-28(10-8-11-28)35-26-19(22)12-18(16-30-26)14-27(3,4)5/h6,12,16,20-24,29,32H,1,7-11,13-15,17H2,2-5H3,(H,31,33)/t20-,21-,22-,23+,24-/m0/s1. The quantitative estimate of drug-likeness (QED) is 0.412. The molecule has 194 valence electrons. The molecule has 1 aromatic heterocycles. The van der Waals surface area contributed by atoms with Gasteiger partial charge in [0.1, 0.15) is 5.60 Å². The zero-order valence-electron chi connectivity index (χ0n) is 21.8. The number of amides is 1. The van der Waals surface area contributed by atoms with Gasteiger partial charge in [-0.2, -0.15) is 0 Å². The van der Waals surface area contributed by atoms with Crippen LogP contribution < -0.4 is 15.4 Å². The molecule has 3 aliphatic rings. The van der Waals surface area contributed by atoms with E-state index in [1.165, 1.54) is 12.0 Å². The molecule has 1 spiro atoms. The minimum Gasteiger partial charge on any atom is -0.471 e. The Morgan fingerprint density at radius 3 is 2.83 bits per heavy atom. The number of ether oxygens (including phenoxy) is 2. The van der Waals surface area contributed by atoms with Gasteiger partial charge in [0, 0.05) is 37.4 Å². The van der Waals surface area contributed by atoms with Crippen LogP contribution in [0.1, 0.15) is 83.4 Å². The van der Waals surface area contributed by atoms with Crippen molar-refractivity contribution in [1.82, 2.24) is 15.6 Å². The summed E-state index contributed by atoms with van der Waals surface area (Å²) < 4.78 is 11.9. The molecule has 5 atom stereocenters. The van der Waals surface area contributed by atoms with Crippen molar-refractivity contribution < 1.29 is 19.4 Å². The van der Waals surface area contributed by atoms with Gasteiger partial charge in [0.25, 0.3) is 0 Å². The molecule has 2 fully saturated rings. The lowest BCUT2D eigenvalue weighted by Crippen LogP contribution is -2.52. The maximum atomic E-state index is 12.7. The molecule has 0 radical (unpaired) electrons. The van der Waals surface area contributed by atoms with E-state index in [2.05, 4.69) is 44.1 Å². The normalized spacial score (nSPS) is 26.1. The molecule has 1 aromatic rings. The summed E-state index contributed by atoms with van der Waals surface area (Å²) in [5.41, 5.74) is 2.28. The maximum absolute atomic E-state index is 12.7. The van der Waals surface area contributed by atoms with Crippen molar-refractivity contribution in [2.24, 2.45) is 11.3 Å². The number of aliphatic hydroxyl groups is 1. The first-order valence-electron chi connectivity index (χ1n) is 13.3. The number of rotatable bonds is 11. The van der Waals surface area contributed by atoms with Crippen LogP contribution in [-0.4, -0.2) is 53.0 Å². The van der Waals surface area contributed by atoms with E-state index in [1.54, 1.807) is 6.08 Å². The number of aliphatic hydroxyl groups excluding tert-OH is 1. The van der Waals surface area contributed by atoms with Gasteiger partial charge in [-0.25, -0.2) is 4.98 Å². The molecule has 0 unspecified atom stereocenters. The van der Waals surface area contributed by atoms with Crippen molar-refractivity contribution in [3.05, 3.63) is 36.0 Å². The van der Waals surface area contributed by atoms with Gasteiger partial charge in [0.05, 0.1) is 24.2 Å². The van der Waals surface area contributed by atoms with Crippen LogP contribution in [0.15, 0.2) is 24.9 Å². The van der Waals surface area contributed by atoms with Gasteiger partial charge in [-0.3, -0.25) is 4.79 Å². The van der Waals surface area contributed by atoms with E-state index < -0.39 is 12.1 Å². The Morgan fingerprint density at radius 2 is 2.20 bits per heavy atom. The fraction of sp³-hybridized carbons (Fsp3) is 0.714. The average Bonchev–Trinajstić information content (AvgIpc) is 3.54. The highest BCUT2D eigenvalue weighted by molar-refractivity contribution is 5.82. The number of hydrogen-bond acceptors (Lipinski definition) is 6. The molecule has 2 heterocycles. The summed E-state index contributed by atoms with van der Waals surface area (Å²) in [5, 5.41) is 17.7. The van der Waals surface area contributed by atoms with Crippen molar-refractivity contribution >= 4 is 5.91 Å².